The van der Waals surface area contributed by atoms with E-state index in [9.17, 15) is 19.1 Å². The molecular weight excluding hydrogens is 311 g/mol. The summed E-state index contributed by atoms with van der Waals surface area (Å²) in [5.74, 6) is -1.25. The lowest BCUT2D eigenvalue weighted by molar-refractivity contribution is -0.152. The van der Waals surface area contributed by atoms with E-state index >= 15 is 0 Å². The predicted molar refractivity (Wildman–Crippen MR) is 86.8 cm³/mol. The summed E-state index contributed by atoms with van der Waals surface area (Å²) in [6.07, 6.45) is 1.04. The summed E-state index contributed by atoms with van der Waals surface area (Å²) in [5, 5.41) is 9.30. The lowest BCUT2D eigenvalue weighted by Gasteiger charge is -2.24. The maximum absolute atomic E-state index is 13.6. The van der Waals surface area contributed by atoms with Gasteiger partial charge in [0.05, 0.1) is 0 Å². The molecule has 0 saturated heterocycles. The van der Waals surface area contributed by atoms with E-state index in [-0.39, 0.29) is 11.5 Å². The van der Waals surface area contributed by atoms with Crippen molar-refractivity contribution in [1.82, 2.24) is 0 Å². The highest BCUT2D eigenvalue weighted by Crippen LogP contribution is 2.38. The van der Waals surface area contributed by atoms with Crippen LogP contribution in [-0.2, 0) is 11.2 Å². The van der Waals surface area contributed by atoms with Gasteiger partial charge in [-0.05, 0) is 55.7 Å². The van der Waals surface area contributed by atoms with Gasteiger partial charge >= 0.3 is 5.97 Å². The van der Waals surface area contributed by atoms with Gasteiger partial charge in [0.1, 0.15) is 11.6 Å². The van der Waals surface area contributed by atoms with Gasteiger partial charge in [-0.2, -0.15) is 0 Å². The van der Waals surface area contributed by atoms with Gasteiger partial charge in [-0.3, -0.25) is 4.79 Å². The molecule has 0 radical (unpaired) electrons. The van der Waals surface area contributed by atoms with Crippen LogP contribution < -0.4 is 4.74 Å². The lowest BCUT2D eigenvalue weighted by atomic mass is 9.98. The zero-order valence-electron chi connectivity index (χ0n) is 13.4. The number of carboxylic acid groups (broad SMARTS) is 1. The average Bonchev–Trinajstić information content (AvgIpc) is 2.87. The number of halogens is 1. The second-order valence-electron chi connectivity index (χ2n) is 6.36. The first kappa shape index (κ1) is 16.2. The molecule has 24 heavy (non-hydrogen) atoms. The fourth-order valence-electron chi connectivity index (χ4n) is 2.76. The van der Waals surface area contributed by atoms with Gasteiger partial charge in [0.25, 0.3) is 0 Å². The van der Waals surface area contributed by atoms with Crippen molar-refractivity contribution in [3.8, 4) is 16.9 Å². The topological polar surface area (TPSA) is 63.6 Å². The Balaban J connectivity index is 2.16. The van der Waals surface area contributed by atoms with Gasteiger partial charge in [-0.25, -0.2) is 9.18 Å². The fourth-order valence-corrected chi connectivity index (χ4v) is 2.76. The standard InChI is InChI=1S/C19H17FO4/c1-19(2,18(22)23)24-17-10-14-12(6-7-16(14)21)9-15(17)11-4-3-5-13(20)8-11/h3-5,8-10H,6-7H2,1-2H3,(H,22,23). The molecular formula is C19H17FO4. The maximum atomic E-state index is 13.6. The largest absolute Gasteiger partial charge is 0.478 e. The van der Waals surface area contributed by atoms with Crippen molar-refractivity contribution >= 4 is 11.8 Å². The van der Waals surface area contributed by atoms with Crippen molar-refractivity contribution in [2.45, 2.75) is 32.3 Å². The molecule has 0 spiro atoms. The van der Waals surface area contributed by atoms with Gasteiger partial charge in [0, 0.05) is 17.5 Å². The van der Waals surface area contributed by atoms with Crippen molar-refractivity contribution in [1.29, 1.82) is 0 Å². The zero-order valence-corrected chi connectivity index (χ0v) is 13.4. The quantitative estimate of drug-likeness (QED) is 0.925. The molecule has 5 heteroatoms. The normalized spacial score (nSPS) is 13.7. The van der Waals surface area contributed by atoms with Crippen LogP contribution in [0.1, 0.15) is 36.2 Å². The Morgan fingerprint density at radius 2 is 1.92 bits per heavy atom. The van der Waals surface area contributed by atoms with Crippen LogP contribution in [0.3, 0.4) is 0 Å². The average molecular weight is 328 g/mol. The van der Waals surface area contributed by atoms with E-state index < -0.39 is 17.4 Å². The number of ether oxygens (including phenoxy) is 1. The number of aryl methyl sites for hydroxylation is 1. The number of carboxylic acids is 1. The smallest absolute Gasteiger partial charge is 0.347 e. The van der Waals surface area contributed by atoms with E-state index in [1.54, 1.807) is 24.3 Å². The number of Topliss-reactive ketones (excluding diaryl/α,β-unsaturated/α-hetero) is 1. The summed E-state index contributed by atoms with van der Waals surface area (Å²) >= 11 is 0. The Hall–Kier alpha value is -2.69. The van der Waals surface area contributed by atoms with Crippen LogP contribution >= 0.6 is 0 Å². The summed E-state index contributed by atoms with van der Waals surface area (Å²) in [5.41, 5.74) is 1.11. The van der Waals surface area contributed by atoms with Gasteiger partial charge in [0.2, 0.25) is 0 Å². The van der Waals surface area contributed by atoms with Crippen LogP contribution in [0.4, 0.5) is 4.39 Å². The van der Waals surface area contributed by atoms with Gasteiger partial charge in [0.15, 0.2) is 11.4 Å². The van der Waals surface area contributed by atoms with Crippen LogP contribution in [0.5, 0.6) is 5.75 Å². The SMILES string of the molecule is CC(C)(Oc1cc2c(cc1-c1cccc(F)c1)CCC2=O)C(=O)O. The second-order valence-corrected chi connectivity index (χ2v) is 6.36. The lowest BCUT2D eigenvalue weighted by Crippen LogP contribution is -2.38. The number of aliphatic carboxylic acids is 1. The summed E-state index contributed by atoms with van der Waals surface area (Å²) in [6.45, 7) is 2.86. The fraction of sp³-hybridized carbons (Fsp3) is 0.263. The van der Waals surface area contributed by atoms with Crippen LogP contribution in [0.15, 0.2) is 36.4 Å². The summed E-state index contributed by atoms with van der Waals surface area (Å²) in [6, 6.07) is 9.37. The molecule has 0 aromatic heterocycles. The van der Waals surface area contributed by atoms with Crippen molar-refractivity contribution in [3.63, 3.8) is 0 Å². The van der Waals surface area contributed by atoms with Gasteiger partial charge < -0.3 is 9.84 Å². The summed E-state index contributed by atoms with van der Waals surface area (Å²) in [4.78, 5) is 23.4. The Morgan fingerprint density at radius 1 is 1.17 bits per heavy atom. The van der Waals surface area contributed by atoms with Crippen molar-refractivity contribution in [2.75, 3.05) is 0 Å². The Bertz CT molecular complexity index is 839. The van der Waals surface area contributed by atoms with Crippen LogP contribution in [-0.4, -0.2) is 22.5 Å². The molecule has 1 N–H and O–H groups in total. The number of fused-ring (bicyclic) bond motifs is 1. The van der Waals surface area contributed by atoms with E-state index in [0.29, 0.717) is 29.5 Å². The summed E-state index contributed by atoms with van der Waals surface area (Å²) < 4.78 is 19.3. The van der Waals surface area contributed by atoms with E-state index in [1.807, 2.05) is 0 Å². The van der Waals surface area contributed by atoms with Crippen LogP contribution in [0, 0.1) is 5.82 Å². The molecule has 2 aromatic rings. The number of benzene rings is 2. The third-order valence-electron chi connectivity index (χ3n) is 4.14. The third kappa shape index (κ3) is 2.89. The Morgan fingerprint density at radius 3 is 2.58 bits per heavy atom. The van der Waals surface area contributed by atoms with Crippen molar-refractivity contribution in [2.24, 2.45) is 0 Å². The number of ketones is 1. The molecule has 0 aliphatic heterocycles. The molecule has 0 saturated carbocycles. The second kappa shape index (κ2) is 5.74. The van der Waals surface area contributed by atoms with E-state index in [4.69, 9.17) is 4.74 Å². The molecule has 3 rings (SSSR count). The van der Waals surface area contributed by atoms with Crippen molar-refractivity contribution in [3.05, 3.63) is 53.3 Å². The van der Waals surface area contributed by atoms with Crippen molar-refractivity contribution < 1.29 is 23.8 Å². The molecule has 0 fully saturated rings. The molecule has 0 bridgehead atoms. The number of hydrogen-bond donors (Lipinski definition) is 1. The highest BCUT2D eigenvalue weighted by molar-refractivity contribution is 6.01. The molecule has 0 heterocycles. The zero-order chi connectivity index (χ0) is 17.5. The number of hydrogen-bond acceptors (Lipinski definition) is 3. The predicted octanol–water partition coefficient (Wildman–Crippen LogP) is 3.86. The highest BCUT2D eigenvalue weighted by atomic mass is 19.1. The van der Waals surface area contributed by atoms with E-state index in [0.717, 1.165) is 5.56 Å². The molecule has 2 aromatic carbocycles. The molecule has 0 amide bonds. The van der Waals surface area contributed by atoms with E-state index in [1.165, 1.54) is 26.0 Å². The molecule has 4 nitrogen and oxygen atoms in total. The summed E-state index contributed by atoms with van der Waals surface area (Å²) in [7, 11) is 0. The number of carbonyl (C=O) groups excluding carboxylic acids is 1. The van der Waals surface area contributed by atoms with Crippen LogP contribution in [0.25, 0.3) is 11.1 Å². The minimum absolute atomic E-state index is 0.00812. The molecule has 124 valence electrons. The van der Waals surface area contributed by atoms with Crippen LogP contribution in [0.2, 0.25) is 0 Å². The maximum Gasteiger partial charge on any atom is 0.347 e. The minimum Gasteiger partial charge on any atom is -0.478 e. The third-order valence-corrected chi connectivity index (χ3v) is 4.14. The molecule has 1 aliphatic rings. The minimum atomic E-state index is -1.47. The first-order chi connectivity index (χ1) is 11.3. The highest BCUT2D eigenvalue weighted by Gasteiger charge is 2.32. The Kier molecular flexibility index (Phi) is 3.87. The monoisotopic (exact) mass is 328 g/mol. The van der Waals surface area contributed by atoms with Gasteiger partial charge in [-0.1, -0.05) is 12.1 Å². The number of rotatable bonds is 4. The number of carbonyl (C=O) groups is 2. The molecule has 1 aliphatic carbocycles. The van der Waals surface area contributed by atoms with Gasteiger partial charge in [-0.15, -0.1) is 0 Å². The Labute approximate surface area is 138 Å². The van der Waals surface area contributed by atoms with E-state index in [2.05, 4.69) is 0 Å². The molecule has 0 atom stereocenters. The first-order valence-electron chi connectivity index (χ1n) is 7.66. The molecule has 0 unspecified atom stereocenters. The first-order valence-corrected chi connectivity index (χ1v) is 7.66.